The van der Waals surface area contributed by atoms with Crippen LogP contribution in [0.5, 0.6) is 11.5 Å². The van der Waals surface area contributed by atoms with E-state index in [0.29, 0.717) is 43.4 Å². The van der Waals surface area contributed by atoms with Crippen molar-refractivity contribution in [3.63, 3.8) is 0 Å². The predicted molar refractivity (Wildman–Crippen MR) is 125 cm³/mol. The molecule has 0 atom stereocenters. The number of rotatable bonds is 5. The molecule has 1 aliphatic heterocycles. The average Bonchev–Trinajstić information content (AvgIpc) is 2.85. The number of piperazine rings is 1. The molecule has 1 fully saturated rings. The molecule has 0 radical (unpaired) electrons. The third-order valence-corrected chi connectivity index (χ3v) is 5.61. The molecule has 0 saturated carbocycles. The molecule has 0 bridgehead atoms. The van der Waals surface area contributed by atoms with Crippen molar-refractivity contribution < 1.29 is 14.3 Å². The van der Waals surface area contributed by atoms with E-state index in [1.165, 1.54) is 5.56 Å². The fraction of sp³-hybridized carbons (Fsp3) is 0.292. The third kappa shape index (κ3) is 4.59. The van der Waals surface area contributed by atoms with Crippen LogP contribution in [-0.4, -0.2) is 61.5 Å². The molecule has 2 amide bonds. The Bertz CT molecular complexity index is 1080. The summed E-state index contributed by atoms with van der Waals surface area (Å²) in [5, 5.41) is 11.8. The lowest BCUT2D eigenvalue weighted by Gasteiger charge is -2.35. The Morgan fingerprint density at radius 2 is 1.72 bits per heavy atom. The van der Waals surface area contributed by atoms with Gasteiger partial charge in [0.15, 0.2) is 5.82 Å². The molecular weight excluding hydrogens is 406 g/mol. The van der Waals surface area contributed by atoms with Gasteiger partial charge in [0.1, 0.15) is 11.5 Å². The van der Waals surface area contributed by atoms with Crippen molar-refractivity contribution in [2.45, 2.75) is 6.92 Å². The Kier molecular flexibility index (Phi) is 6.39. The highest BCUT2D eigenvalue weighted by atomic mass is 16.5. The summed E-state index contributed by atoms with van der Waals surface area (Å²) in [7, 11) is 3.15. The highest BCUT2D eigenvalue weighted by molar-refractivity contribution is 5.91. The van der Waals surface area contributed by atoms with E-state index >= 15 is 0 Å². The number of anilines is 2. The third-order valence-electron chi connectivity index (χ3n) is 5.61. The molecule has 2 aromatic carbocycles. The minimum absolute atomic E-state index is 0.158. The zero-order chi connectivity index (χ0) is 22.5. The fourth-order valence-corrected chi connectivity index (χ4v) is 3.73. The number of amides is 2. The summed E-state index contributed by atoms with van der Waals surface area (Å²) in [5.74, 6) is 2.04. The summed E-state index contributed by atoms with van der Waals surface area (Å²) in [4.78, 5) is 16.7. The number of carbonyl (C=O) groups is 1. The van der Waals surface area contributed by atoms with Gasteiger partial charge in [-0.3, -0.25) is 0 Å². The largest absolute Gasteiger partial charge is 0.497 e. The summed E-state index contributed by atoms with van der Waals surface area (Å²) in [5.41, 5.74) is 3.72. The lowest BCUT2D eigenvalue weighted by molar-refractivity contribution is 0.208. The van der Waals surface area contributed by atoms with Crippen LogP contribution < -0.4 is 19.7 Å². The molecule has 0 aliphatic carbocycles. The molecule has 1 aromatic heterocycles. The first-order valence-electron chi connectivity index (χ1n) is 10.5. The van der Waals surface area contributed by atoms with Crippen LogP contribution >= 0.6 is 0 Å². The van der Waals surface area contributed by atoms with Gasteiger partial charge in [0.05, 0.1) is 25.6 Å². The highest BCUT2D eigenvalue weighted by Gasteiger charge is 2.23. The number of nitrogens with zero attached hydrogens (tertiary/aromatic N) is 4. The van der Waals surface area contributed by atoms with Gasteiger partial charge in [0.25, 0.3) is 0 Å². The van der Waals surface area contributed by atoms with Crippen LogP contribution in [0.1, 0.15) is 5.56 Å². The summed E-state index contributed by atoms with van der Waals surface area (Å²) in [6.07, 6.45) is 0. The molecule has 2 heterocycles. The van der Waals surface area contributed by atoms with E-state index in [-0.39, 0.29) is 6.03 Å². The SMILES string of the molecule is COc1ccc(NC(=O)N2CCN(c3ccc(-c4ccccc4C)nn3)CC2)c(OC)c1. The molecule has 0 unspecified atom stereocenters. The van der Waals surface area contributed by atoms with Gasteiger partial charge in [-0.15, -0.1) is 10.2 Å². The van der Waals surface area contributed by atoms with Crippen molar-refractivity contribution in [1.29, 1.82) is 0 Å². The quantitative estimate of drug-likeness (QED) is 0.659. The number of ether oxygens (including phenoxy) is 2. The van der Waals surface area contributed by atoms with Crippen LogP contribution in [0, 0.1) is 6.92 Å². The number of urea groups is 1. The molecule has 1 saturated heterocycles. The number of benzene rings is 2. The zero-order valence-electron chi connectivity index (χ0n) is 18.5. The van der Waals surface area contributed by atoms with Crippen molar-refractivity contribution in [3.8, 4) is 22.8 Å². The number of carbonyl (C=O) groups excluding carboxylic acids is 1. The minimum atomic E-state index is -0.158. The number of methoxy groups -OCH3 is 2. The lowest BCUT2D eigenvalue weighted by atomic mass is 10.1. The highest BCUT2D eigenvalue weighted by Crippen LogP contribution is 2.29. The summed E-state index contributed by atoms with van der Waals surface area (Å²) < 4.78 is 10.6. The number of hydrogen-bond acceptors (Lipinski definition) is 6. The average molecular weight is 434 g/mol. The van der Waals surface area contributed by atoms with Crippen LogP contribution in [0.4, 0.5) is 16.3 Å². The molecule has 1 N–H and O–H groups in total. The van der Waals surface area contributed by atoms with E-state index in [1.54, 1.807) is 37.3 Å². The summed E-state index contributed by atoms with van der Waals surface area (Å²) in [6, 6.07) is 17.3. The number of hydrogen-bond donors (Lipinski definition) is 1. The van der Waals surface area contributed by atoms with Crippen LogP contribution in [0.15, 0.2) is 54.6 Å². The van der Waals surface area contributed by atoms with Gasteiger partial charge in [-0.2, -0.15) is 0 Å². The van der Waals surface area contributed by atoms with E-state index in [4.69, 9.17) is 9.47 Å². The molecule has 8 heteroatoms. The fourth-order valence-electron chi connectivity index (χ4n) is 3.73. The Morgan fingerprint density at radius 3 is 2.38 bits per heavy atom. The van der Waals surface area contributed by atoms with Gasteiger partial charge in [-0.05, 0) is 36.8 Å². The maximum atomic E-state index is 12.7. The molecular formula is C24H27N5O3. The Labute approximate surface area is 187 Å². The van der Waals surface area contributed by atoms with Crippen molar-refractivity contribution in [2.75, 3.05) is 50.6 Å². The Hall–Kier alpha value is -3.81. The monoisotopic (exact) mass is 433 g/mol. The van der Waals surface area contributed by atoms with Gasteiger partial charge in [0, 0.05) is 37.8 Å². The Morgan fingerprint density at radius 1 is 0.938 bits per heavy atom. The van der Waals surface area contributed by atoms with Gasteiger partial charge in [-0.25, -0.2) is 4.79 Å². The number of nitrogens with one attached hydrogen (secondary N) is 1. The van der Waals surface area contributed by atoms with E-state index in [1.807, 2.05) is 30.3 Å². The van der Waals surface area contributed by atoms with E-state index in [9.17, 15) is 4.79 Å². The van der Waals surface area contributed by atoms with Crippen LogP contribution in [0.3, 0.4) is 0 Å². The normalized spacial score (nSPS) is 13.6. The van der Waals surface area contributed by atoms with Crippen molar-refractivity contribution in [3.05, 3.63) is 60.2 Å². The molecule has 0 spiro atoms. The molecule has 4 rings (SSSR count). The van der Waals surface area contributed by atoms with Crippen molar-refractivity contribution >= 4 is 17.5 Å². The molecule has 166 valence electrons. The van der Waals surface area contributed by atoms with E-state index in [2.05, 4.69) is 33.4 Å². The smallest absolute Gasteiger partial charge is 0.322 e. The molecule has 3 aromatic rings. The van der Waals surface area contributed by atoms with E-state index in [0.717, 1.165) is 17.1 Å². The summed E-state index contributed by atoms with van der Waals surface area (Å²) >= 11 is 0. The first kappa shape index (κ1) is 21.4. The first-order chi connectivity index (χ1) is 15.6. The number of aromatic nitrogens is 2. The zero-order valence-corrected chi connectivity index (χ0v) is 18.5. The van der Waals surface area contributed by atoms with Gasteiger partial charge >= 0.3 is 6.03 Å². The van der Waals surface area contributed by atoms with Crippen molar-refractivity contribution in [2.24, 2.45) is 0 Å². The topological polar surface area (TPSA) is 79.8 Å². The maximum absolute atomic E-state index is 12.7. The minimum Gasteiger partial charge on any atom is -0.497 e. The van der Waals surface area contributed by atoms with Crippen LogP contribution in [-0.2, 0) is 0 Å². The summed E-state index contributed by atoms with van der Waals surface area (Å²) in [6.45, 7) is 4.62. The predicted octanol–water partition coefficient (Wildman–Crippen LogP) is 3.82. The maximum Gasteiger partial charge on any atom is 0.322 e. The molecule has 32 heavy (non-hydrogen) atoms. The van der Waals surface area contributed by atoms with E-state index < -0.39 is 0 Å². The van der Waals surface area contributed by atoms with Crippen LogP contribution in [0.2, 0.25) is 0 Å². The second-order valence-electron chi connectivity index (χ2n) is 7.56. The second-order valence-corrected chi connectivity index (χ2v) is 7.56. The lowest BCUT2D eigenvalue weighted by Crippen LogP contribution is -2.50. The molecule has 8 nitrogen and oxygen atoms in total. The van der Waals surface area contributed by atoms with Crippen LogP contribution in [0.25, 0.3) is 11.3 Å². The molecule has 1 aliphatic rings. The standard InChI is InChI=1S/C24H27N5O3/c1-17-6-4-5-7-19(17)20-10-11-23(27-26-20)28-12-14-29(15-13-28)24(30)25-21-9-8-18(31-2)16-22(21)32-3/h4-11,16H,12-15H2,1-3H3,(H,25,30). The Balaban J connectivity index is 1.36. The second kappa shape index (κ2) is 9.55. The van der Waals surface area contributed by atoms with Gasteiger partial charge in [-0.1, -0.05) is 24.3 Å². The van der Waals surface area contributed by atoms with Crippen molar-refractivity contribution in [1.82, 2.24) is 15.1 Å². The van der Waals surface area contributed by atoms with Gasteiger partial charge < -0.3 is 24.6 Å². The first-order valence-corrected chi connectivity index (χ1v) is 10.5. The number of aryl methyl sites for hydroxylation is 1. The van der Waals surface area contributed by atoms with Gasteiger partial charge in [0.2, 0.25) is 0 Å².